The summed E-state index contributed by atoms with van der Waals surface area (Å²) in [6.45, 7) is 1.30. The Morgan fingerprint density at radius 2 is 1.84 bits per heavy atom. The fourth-order valence-electron chi connectivity index (χ4n) is 4.40. The standard InChI is InChI=1S/C21H18Cl2FN5O2/c22-18-16(24)17-15(8-25-18)19(27-20(23)26-17)28-9-13-6-7-14(10-28)29(13)21(30)31-11-12-4-2-1-3-5-12/h1-5,8,13-14H,6-7,9-11H2. The molecule has 0 saturated carbocycles. The molecule has 2 bridgehead atoms. The molecule has 0 N–H and O–H groups in total. The van der Waals surface area contributed by atoms with Gasteiger partial charge in [0.15, 0.2) is 11.0 Å². The number of halogens is 3. The van der Waals surface area contributed by atoms with E-state index in [1.807, 2.05) is 40.1 Å². The van der Waals surface area contributed by atoms with Crippen LogP contribution in [-0.4, -0.2) is 51.1 Å². The molecule has 0 aliphatic carbocycles. The fourth-order valence-corrected chi connectivity index (χ4v) is 4.70. The summed E-state index contributed by atoms with van der Waals surface area (Å²) in [4.78, 5) is 28.8. The van der Waals surface area contributed by atoms with E-state index >= 15 is 0 Å². The summed E-state index contributed by atoms with van der Waals surface area (Å²) >= 11 is 11.9. The van der Waals surface area contributed by atoms with Crippen molar-refractivity contribution in [1.29, 1.82) is 0 Å². The highest BCUT2D eigenvalue weighted by Gasteiger charge is 2.44. The van der Waals surface area contributed by atoms with Gasteiger partial charge in [0, 0.05) is 19.3 Å². The molecule has 2 aromatic heterocycles. The highest BCUT2D eigenvalue weighted by Crippen LogP contribution is 2.36. The van der Waals surface area contributed by atoms with E-state index in [-0.39, 0.29) is 40.7 Å². The summed E-state index contributed by atoms with van der Waals surface area (Å²) in [5.74, 6) is -0.233. The number of nitrogens with zero attached hydrogens (tertiary/aromatic N) is 5. The Morgan fingerprint density at radius 1 is 1.13 bits per heavy atom. The minimum absolute atomic E-state index is 0.0316. The van der Waals surface area contributed by atoms with Crippen LogP contribution in [-0.2, 0) is 11.3 Å². The molecule has 0 radical (unpaired) electrons. The zero-order chi connectivity index (χ0) is 21.5. The number of ether oxygens (including phenoxy) is 1. The Balaban J connectivity index is 1.37. The second-order valence-corrected chi connectivity index (χ2v) is 8.38. The van der Waals surface area contributed by atoms with Crippen LogP contribution < -0.4 is 4.90 Å². The van der Waals surface area contributed by atoms with E-state index in [2.05, 4.69) is 15.0 Å². The van der Waals surface area contributed by atoms with Gasteiger partial charge in [-0.15, -0.1) is 0 Å². The van der Waals surface area contributed by atoms with Crippen LogP contribution in [0.1, 0.15) is 18.4 Å². The van der Waals surface area contributed by atoms with Gasteiger partial charge in [-0.25, -0.2) is 19.2 Å². The number of carbonyl (C=O) groups excluding carboxylic acids is 1. The molecule has 31 heavy (non-hydrogen) atoms. The highest BCUT2D eigenvalue weighted by molar-refractivity contribution is 6.30. The molecule has 2 atom stereocenters. The van der Waals surface area contributed by atoms with Gasteiger partial charge in [0.1, 0.15) is 17.9 Å². The monoisotopic (exact) mass is 461 g/mol. The average Bonchev–Trinajstić information content (AvgIpc) is 3.04. The molecule has 2 unspecified atom stereocenters. The molecule has 0 spiro atoms. The lowest BCUT2D eigenvalue weighted by Crippen LogP contribution is -2.56. The first-order valence-electron chi connectivity index (χ1n) is 9.92. The van der Waals surface area contributed by atoms with Crippen LogP contribution in [0.4, 0.5) is 15.0 Å². The number of hydrogen-bond acceptors (Lipinski definition) is 6. The highest BCUT2D eigenvalue weighted by atomic mass is 35.5. The van der Waals surface area contributed by atoms with Crippen molar-refractivity contribution in [3.05, 3.63) is 58.3 Å². The normalized spacial score (nSPS) is 20.4. The molecule has 2 aliphatic rings. The molecule has 4 heterocycles. The van der Waals surface area contributed by atoms with Crippen LogP contribution in [0.2, 0.25) is 10.4 Å². The van der Waals surface area contributed by atoms with Crippen LogP contribution in [0.3, 0.4) is 0 Å². The van der Waals surface area contributed by atoms with E-state index in [4.69, 9.17) is 27.9 Å². The second-order valence-electron chi connectivity index (χ2n) is 7.68. The molecule has 10 heteroatoms. The van der Waals surface area contributed by atoms with Gasteiger partial charge in [-0.3, -0.25) is 4.90 Å². The predicted octanol–water partition coefficient (Wildman–Crippen LogP) is 4.46. The van der Waals surface area contributed by atoms with Crippen LogP contribution in [0.15, 0.2) is 36.5 Å². The summed E-state index contributed by atoms with van der Waals surface area (Å²) in [6.07, 6.45) is 2.85. The third kappa shape index (κ3) is 3.74. The van der Waals surface area contributed by atoms with Crippen molar-refractivity contribution in [3.63, 3.8) is 0 Å². The number of hydrogen-bond donors (Lipinski definition) is 0. The van der Waals surface area contributed by atoms with Crippen molar-refractivity contribution in [3.8, 4) is 0 Å². The Labute approximate surface area is 187 Å². The maximum Gasteiger partial charge on any atom is 0.410 e. The van der Waals surface area contributed by atoms with Crippen molar-refractivity contribution in [2.45, 2.75) is 31.5 Å². The van der Waals surface area contributed by atoms with Crippen molar-refractivity contribution < 1.29 is 13.9 Å². The van der Waals surface area contributed by atoms with E-state index in [9.17, 15) is 9.18 Å². The largest absolute Gasteiger partial charge is 0.445 e. The Kier molecular flexibility index (Phi) is 5.27. The topological polar surface area (TPSA) is 71.5 Å². The first-order chi connectivity index (χ1) is 15.0. The van der Waals surface area contributed by atoms with Crippen LogP contribution in [0, 0.1) is 5.82 Å². The van der Waals surface area contributed by atoms with Crippen LogP contribution >= 0.6 is 23.2 Å². The zero-order valence-corrected chi connectivity index (χ0v) is 17.9. The first-order valence-corrected chi connectivity index (χ1v) is 10.7. The summed E-state index contributed by atoms with van der Waals surface area (Å²) in [5.41, 5.74) is 0.976. The first kappa shape index (κ1) is 20.2. The number of piperazine rings is 1. The van der Waals surface area contributed by atoms with Crippen molar-refractivity contribution >= 4 is 46.0 Å². The van der Waals surface area contributed by atoms with Crippen molar-refractivity contribution in [2.24, 2.45) is 0 Å². The number of fused-ring (bicyclic) bond motifs is 3. The number of benzene rings is 1. The van der Waals surface area contributed by atoms with Gasteiger partial charge in [-0.1, -0.05) is 41.9 Å². The molecule has 7 nitrogen and oxygen atoms in total. The molecule has 2 fully saturated rings. The van der Waals surface area contributed by atoms with Gasteiger partial charge in [-0.05, 0) is 30.0 Å². The molecule has 3 aromatic rings. The van der Waals surface area contributed by atoms with Gasteiger partial charge >= 0.3 is 6.09 Å². The molecular weight excluding hydrogens is 444 g/mol. The maximum absolute atomic E-state index is 14.5. The Morgan fingerprint density at radius 3 is 2.55 bits per heavy atom. The minimum atomic E-state index is -0.726. The van der Waals surface area contributed by atoms with Gasteiger partial charge in [0.05, 0.1) is 17.5 Å². The number of aromatic nitrogens is 3. The number of anilines is 1. The summed E-state index contributed by atoms with van der Waals surface area (Å²) in [5, 5.41) is 0.103. The van der Waals surface area contributed by atoms with E-state index in [0.29, 0.717) is 24.3 Å². The van der Waals surface area contributed by atoms with Crippen LogP contribution in [0.5, 0.6) is 0 Å². The predicted molar refractivity (Wildman–Crippen MR) is 115 cm³/mol. The molecule has 5 rings (SSSR count). The Hall–Kier alpha value is -2.71. The quantitative estimate of drug-likeness (QED) is 0.423. The lowest BCUT2D eigenvalue weighted by molar-refractivity contribution is 0.0733. The van der Waals surface area contributed by atoms with Gasteiger partial charge in [0.2, 0.25) is 5.28 Å². The minimum Gasteiger partial charge on any atom is -0.445 e. The molecule has 2 saturated heterocycles. The second kappa shape index (κ2) is 8.09. The number of amides is 1. The lowest BCUT2D eigenvalue weighted by atomic mass is 10.1. The summed E-state index contributed by atoms with van der Waals surface area (Å²) in [7, 11) is 0. The van der Waals surface area contributed by atoms with E-state index in [1.165, 1.54) is 6.20 Å². The van der Waals surface area contributed by atoms with E-state index in [0.717, 1.165) is 18.4 Å². The third-order valence-electron chi connectivity index (χ3n) is 5.79. The lowest BCUT2D eigenvalue weighted by Gasteiger charge is -2.41. The smallest absolute Gasteiger partial charge is 0.410 e. The van der Waals surface area contributed by atoms with Gasteiger partial charge < -0.3 is 9.64 Å². The Bertz CT molecular complexity index is 1140. The van der Waals surface area contributed by atoms with E-state index in [1.54, 1.807) is 0 Å². The van der Waals surface area contributed by atoms with E-state index < -0.39 is 5.82 Å². The number of pyridine rings is 1. The fraction of sp³-hybridized carbons (Fsp3) is 0.333. The summed E-state index contributed by atoms with van der Waals surface area (Å²) < 4.78 is 20.0. The molecule has 160 valence electrons. The molecule has 2 aliphatic heterocycles. The molecule has 1 aromatic carbocycles. The number of rotatable bonds is 3. The van der Waals surface area contributed by atoms with Gasteiger partial charge in [-0.2, -0.15) is 4.98 Å². The average molecular weight is 462 g/mol. The van der Waals surface area contributed by atoms with Crippen molar-refractivity contribution in [1.82, 2.24) is 19.9 Å². The summed E-state index contributed by atoms with van der Waals surface area (Å²) in [6, 6.07) is 9.52. The third-order valence-corrected chi connectivity index (χ3v) is 6.22. The SMILES string of the molecule is O=C(OCc1ccccc1)N1C2CCC1CN(c1nc(Cl)nc3c(F)c(Cl)ncc13)C2. The van der Waals surface area contributed by atoms with Crippen molar-refractivity contribution in [2.75, 3.05) is 18.0 Å². The molecule has 1 amide bonds. The maximum atomic E-state index is 14.5. The molecular formula is C21H18Cl2FN5O2. The number of carbonyl (C=O) groups is 1. The zero-order valence-electron chi connectivity index (χ0n) is 16.3. The van der Waals surface area contributed by atoms with Gasteiger partial charge in [0.25, 0.3) is 0 Å². The van der Waals surface area contributed by atoms with Crippen LogP contribution in [0.25, 0.3) is 10.9 Å².